The van der Waals surface area contributed by atoms with Crippen molar-refractivity contribution in [1.82, 2.24) is 9.62 Å². The Labute approximate surface area is 159 Å². The van der Waals surface area contributed by atoms with Crippen molar-refractivity contribution >= 4 is 15.9 Å². The van der Waals surface area contributed by atoms with E-state index in [0.717, 1.165) is 41.3 Å². The number of carbonyl (C=O) groups is 1. The monoisotopic (exact) mass is 390 g/mol. The van der Waals surface area contributed by atoms with Crippen LogP contribution in [0.1, 0.15) is 36.9 Å². The molecule has 1 aliphatic carbocycles. The van der Waals surface area contributed by atoms with Crippen LogP contribution in [0.5, 0.6) is 0 Å². The minimum Gasteiger partial charge on any atom is -0.348 e. The van der Waals surface area contributed by atoms with Crippen molar-refractivity contribution in [2.24, 2.45) is 0 Å². The van der Waals surface area contributed by atoms with Gasteiger partial charge in [0.25, 0.3) is 0 Å². The fraction of sp³-hybridized carbons (Fsp3) is 0.350. The van der Waals surface area contributed by atoms with E-state index in [1.165, 1.54) is 17.7 Å². The topological polar surface area (TPSA) is 66.5 Å². The van der Waals surface area contributed by atoms with Gasteiger partial charge in [-0.1, -0.05) is 31.2 Å². The summed E-state index contributed by atoms with van der Waals surface area (Å²) >= 11 is 0. The largest absolute Gasteiger partial charge is 0.348 e. The number of carbonyl (C=O) groups excluding carboxylic acids is 1. The first-order chi connectivity index (χ1) is 12.9. The van der Waals surface area contributed by atoms with Gasteiger partial charge < -0.3 is 5.32 Å². The Morgan fingerprint density at radius 1 is 1.19 bits per heavy atom. The van der Waals surface area contributed by atoms with Crippen LogP contribution in [0.3, 0.4) is 0 Å². The summed E-state index contributed by atoms with van der Waals surface area (Å²) in [5, 5.41) is 2.97. The quantitative estimate of drug-likeness (QED) is 0.825. The molecule has 1 N–H and O–H groups in total. The molecule has 0 heterocycles. The summed E-state index contributed by atoms with van der Waals surface area (Å²) in [5.74, 6) is -0.852. The summed E-state index contributed by atoms with van der Waals surface area (Å²) in [6, 6.07) is 12.5. The predicted molar refractivity (Wildman–Crippen MR) is 101 cm³/mol. The molecule has 1 atom stereocenters. The summed E-state index contributed by atoms with van der Waals surface area (Å²) in [6.45, 7) is 1.55. The second-order valence-electron chi connectivity index (χ2n) is 6.60. The highest BCUT2D eigenvalue weighted by Gasteiger charge is 2.27. The minimum atomic E-state index is -3.86. The highest BCUT2D eigenvalue weighted by molar-refractivity contribution is 7.89. The minimum absolute atomic E-state index is 0.0263. The van der Waals surface area contributed by atoms with Crippen LogP contribution in [0, 0.1) is 5.82 Å². The first-order valence-electron chi connectivity index (χ1n) is 9.04. The van der Waals surface area contributed by atoms with Crippen LogP contribution < -0.4 is 5.32 Å². The molecule has 2 aromatic carbocycles. The predicted octanol–water partition coefficient (Wildman–Crippen LogP) is 3.03. The molecule has 0 bridgehead atoms. The lowest BCUT2D eigenvalue weighted by molar-refractivity contribution is -0.122. The normalized spacial score (nSPS) is 16.8. The van der Waals surface area contributed by atoms with E-state index in [0.29, 0.717) is 0 Å². The lowest BCUT2D eigenvalue weighted by atomic mass is 9.88. The third-order valence-electron chi connectivity index (χ3n) is 4.83. The molecule has 7 heteroatoms. The molecule has 5 nitrogen and oxygen atoms in total. The number of hydrogen-bond acceptors (Lipinski definition) is 3. The molecule has 144 valence electrons. The highest BCUT2D eigenvalue weighted by Crippen LogP contribution is 2.29. The maximum absolute atomic E-state index is 13.1. The number of rotatable bonds is 6. The Morgan fingerprint density at radius 3 is 2.59 bits per heavy atom. The van der Waals surface area contributed by atoms with Crippen molar-refractivity contribution in [3.8, 4) is 0 Å². The van der Waals surface area contributed by atoms with Crippen molar-refractivity contribution in [1.29, 1.82) is 0 Å². The summed E-state index contributed by atoms with van der Waals surface area (Å²) < 4.78 is 39.6. The van der Waals surface area contributed by atoms with Crippen molar-refractivity contribution in [3.63, 3.8) is 0 Å². The third-order valence-corrected chi connectivity index (χ3v) is 6.76. The molecule has 1 amide bonds. The molecule has 0 aliphatic heterocycles. The zero-order valence-electron chi connectivity index (χ0n) is 15.2. The van der Waals surface area contributed by atoms with E-state index < -0.39 is 15.8 Å². The third kappa shape index (κ3) is 4.36. The lowest BCUT2D eigenvalue weighted by Crippen LogP contribution is -2.42. The molecule has 0 saturated carbocycles. The fourth-order valence-electron chi connectivity index (χ4n) is 3.43. The number of halogens is 1. The van der Waals surface area contributed by atoms with Gasteiger partial charge in [0.1, 0.15) is 5.82 Å². The Balaban J connectivity index is 1.72. The van der Waals surface area contributed by atoms with Crippen molar-refractivity contribution in [2.75, 3.05) is 13.1 Å². The highest BCUT2D eigenvalue weighted by atomic mass is 32.2. The van der Waals surface area contributed by atoms with Gasteiger partial charge in [0, 0.05) is 6.54 Å². The van der Waals surface area contributed by atoms with E-state index in [1.54, 1.807) is 6.92 Å². The lowest BCUT2D eigenvalue weighted by Gasteiger charge is -2.27. The number of likely N-dealkylation sites (N-methyl/N-ethyl adjacent to an activating group) is 1. The number of amides is 1. The smallest absolute Gasteiger partial charge is 0.243 e. The number of nitrogens with zero attached hydrogens (tertiary/aromatic N) is 1. The van der Waals surface area contributed by atoms with Crippen LogP contribution >= 0.6 is 0 Å². The summed E-state index contributed by atoms with van der Waals surface area (Å²) in [4.78, 5) is 12.5. The molecule has 27 heavy (non-hydrogen) atoms. The molecule has 1 aliphatic rings. The van der Waals surface area contributed by atoms with Crippen molar-refractivity contribution in [2.45, 2.75) is 37.1 Å². The van der Waals surface area contributed by atoms with Crippen molar-refractivity contribution < 1.29 is 17.6 Å². The van der Waals surface area contributed by atoms with Gasteiger partial charge in [0.05, 0.1) is 17.5 Å². The first-order valence-corrected chi connectivity index (χ1v) is 10.5. The van der Waals surface area contributed by atoms with Gasteiger partial charge in [0.2, 0.25) is 15.9 Å². The number of fused-ring (bicyclic) bond motifs is 1. The molecule has 0 fully saturated rings. The number of sulfonamides is 1. The van der Waals surface area contributed by atoms with E-state index >= 15 is 0 Å². The van der Waals surface area contributed by atoms with Gasteiger partial charge >= 0.3 is 0 Å². The molecule has 0 saturated heterocycles. The molecular formula is C20H23FN2O3S. The van der Waals surface area contributed by atoms with Crippen LogP contribution in [0.4, 0.5) is 4.39 Å². The first kappa shape index (κ1) is 19.5. The standard InChI is InChI=1S/C20H23FN2O3S/c1-2-23(27(25,26)17-12-10-16(21)11-13-17)14-20(24)22-19-9-5-7-15-6-3-4-8-18(15)19/h3-4,6,8,10-13,19H,2,5,7,9,14H2,1H3,(H,22,24). The zero-order chi connectivity index (χ0) is 19.4. The Bertz CT molecular complexity index is 913. The number of hydrogen-bond donors (Lipinski definition) is 1. The molecule has 2 aromatic rings. The number of aryl methyl sites for hydroxylation is 1. The second-order valence-corrected chi connectivity index (χ2v) is 8.53. The maximum atomic E-state index is 13.1. The average Bonchev–Trinajstić information content (AvgIpc) is 2.66. The zero-order valence-corrected chi connectivity index (χ0v) is 16.0. The van der Waals surface area contributed by atoms with Crippen LogP contribution in [0.25, 0.3) is 0 Å². The Morgan fingerprint density at radius 2 is 1.89 bits per heavy atom. The molecule has 1 unspecified atom stereocenters. The molecule has 3 rings (SSSR count). The molecule has 0 aromatic heterocycles. The fourth-order valence-corrected chi connectivity index (χ4v) is 4.83. The average molecular weight is 390 g/mol. The van der Waals surface area contributed by atoms with Crippen LogP contribution in [-0.4, -0.2) is 31.7 Å². The molecule has 0 radical (unpaired) electrons. The summed E-state index contributed by atoms with van der Waals surface area (Å²) in [6.07, 6.45) is 2.80. The van der Waals surface area contributed by atoms with E-state index in [4.69, 9.17) is 0 Å². The molecular weight excluding hydrogens is 367 g/mol. The van der Waals surface area contributed by atoms with Gasteiger partial charge in [0.15, 0.2) is 0 Å². The van der Waals surface area contributed by atoms with Crippen LogP contribution in [0.15, 0.2) is 53.4 Å². The van der Waals surface area contributed by atoms with Crippen LogP contribution in [-0.2, 0) is 21.2 Å². The van der Waals surface area contributed by atoms with E-state index in [9.17, 15) is 17.6 Å². The summed E-state index contributed by atoms with van der Waals surface area (Å²) in [5.41, 5.74) is 2.32. The SMILES string of the molecule is CCN(CC(=O)NC1CCCc2ccccc21)S(=O)(=O)c1ccc(F)cc1. The van der Waals surface area contributed by atoms with Crippen LogP contribution in [0.2, 0.25) is 0 Å². The van der Waals surface area contributed by atoms with E-state index in [2.05, 4.69) is 11.4 Å². The Kier molecular flexibility index (Phi) is 5.92. The van der Waals surface area contributed by atoms with Gasteiger partial charge in [-0.3, -0.25) is 4.79 Å². The van der Waals surface area contributed by atoms with Gasteiger partial charge in [-0.2, -0.15) is 4.31 Å². The number of benzene rings is 2. The van der Waals surface area contributed by atoms with E-state index in [-0.39, 0.29) is 29.9 Å². The van der Waals surface area contributed by atoms with Gasteiger partial charge in [-0.25, -0.2) is 12.8 Å². The summed E-state index contributed by atoms with van der Waals surface area (Å²) in [7, 11) is -3.86. The van der Waals surface area contributed by atoms with Gasteiger partial charge in [-0.05, 0) is 54.7 Å². The van der Waals surface area contributed by atoms with E-state index in [1.807, 2.05) is 18.2 Å². The maximum Gasteiger partial charge on any atom is 0.243 e. The van der Waals surface area contributed by atoms with Crippen molar-refractivity contribution in [3.05, 3.63) is 65.5 Å². The van der Waals surface area contributed by atoms with Gasteiger partial charge in [-0.15, -0.1) is 0 Å². The second kappa shape index (κ2) is 8.19. The Hall–Kier alpha value is -2.25. The molecule has 0 spiro atoms. The number of nitrogens with one attached hydrogen (secondary N) is 1.